The number of carboxylic acids is 1. The molecule has 1 fully saturated rings. The third kappa shape index (κ3) is 36.9. The van der Waals surface area contributed by atoms with Crippen molar-refractivity contribution in [3.63, 3.8) is 0 Å². The third-order valence-electron chi connectivity index (χ3n) is 15.7. The smallest absolute Gasteiger partial charge is 0.323 e. The summed E-state index contributed by atoms with van der Waals surface area (Å²) in [6.07, 6.45) is 7.28. The number of aryl methyl sites for hydroxylation is 3. The Kier molecular flexibility index (Phi) is 38.7. The van der Waals surface area contributed by atoms with Crippen molar-refractivity contribution in [2.24, 2.45) is 0 Å². The Bertz CT molecular complexity index is 3480. The van der Waals surface area contributed by atoms with Crippen molar-refractivity contribution in [2.45, 2.75) is 149 Å². The van der Waals surface area contributed by atoms with Crippen molar-refractivity contribution in [1.29, 1.82) is 0 Å². The topological polar surface area (TPSA) is 426 Å². The van der Waals surface area contributed by atoms with E-state index >= 15 is 0 Å². The molecule has 2 aromatic carbocycles. The fourth-order valence-corrected chi connectivity index (χ4v) is 13.0. The van der Waals surface area contributed by atoms with E-state index in [0.29, 0.717) is 138 Å². The number of hydrogen-bond donors (Lipinski definition) is 9. The van der Waals surface area contributed by atoms with Gasteiger partial charge in [-0.3, -0.25) is 62.6 Å². The van der Waals surface area contributed by atoms with Crippen LogP contribution in [0.25, 0.3) is 10.9 Å². The lowest BCUT2D eigenvalue weighted by Crippen LogP contribution is -2.53. The molecule has 37 heteroatoms. The SMILES string of the molecule is Cc1cc(OCCCC(=O)NCCCOCCOCCOCCCNC(=O)[C@@H](CSOOO)NC(=O)CN2CCN(CC(=O)OC(C)(C)C)CCN(CC(=O)OC(C)(C)C)CCN(CC(=O)OC(C)(C)C)CC2)cc(C)c1S(=O)(=O)NC(CNC(=O)c1ccc2c(cnn2CCCNc2ncc[nH]2)c1)C(=O)O. The molecule has 107 heavy (non-hydrogen) atoms. The minimum atomic E-state index is -4.40. The summed E-state index contributed by atoms with van der Waals surface area (Å²) < 4.78 is 75.6. The lowest BCUT2D eigenvalue weighted by Gasteiger charge is -2.34. The molecular weight excluding hydrogens is 1440 g/mol. The predicted octanol–water partition coefficient (Wildman–Crippen LogP) is 3.06. The second-order valence-corrected chi connectivity index (χ2v) is 30.9. The first-order valence-corrected chi connectivity index (χ1v) is 38.2. The van der Waals surface area contributed by atoms with Crippen LogP contribution in [0, 0.1) is 13.8 Å². The van der Waals surface area contributed by atoms with Crippen molar-refractivity contribution < 1.29 is 99.7 Å². The normalized spacial score (nSPS) is 14.8. The molecule has 3 heterocycles. The van der Waals surface area contributed by atoms with Crippen molar-refractivity contribution in [3.8, 4) is 5.75 Å². The number of carbonyl (C=O) groups excluding carboxylic acids is 7. The second-order valence-electron chi connectivity index (χ2n) is 28.5. The summed E-state index contributed by atoms with van der Waals surface area (Å²) in [7, 11) is -4.40. The van der Waals surface area contributed by atoms with Gasteiger partial charge in [-0.15, -0.1) is 4.33 Å². The van der Waals surface area contributed by atoms with Crippen molar-refractivity contribution in [1.82, 2.24) is 65.3 Å². The summed E-state index contributed by atoms with van der Waals surface area (Å²) in [4.78, 5) is 119. The van der Waals surface area contributed by atoms with E-state index in [1.165, 1.54) is 12.1 Å². The van der Waals surface area contributed by atoms with Crippen LogP contribution in [0.2, 0.25) is 0 Å². The maximum atomic E-state index is 13.9. The molecule has 4 aromatic rings. The average molecular weight is 1550 g/mol. The van der Waals surface area contributed by atoms with Crippen LogP contribution in [0.15, 0.2) is 53.8 Å². The zero-order valence-corrected chi connectivity index (χ0v) is 65.2. The minimum absolute atomic E-state index is 0.0255. The van der Waals surface area contributed by atoms with Gasteiger partial charge in [-0.2, -0.15) is 9.82 Å². The Labute approximate surface area is 630 Å². The summed E-state index contributed by atoms with van der Waals surface area (Å²) >= 11 is 0.599. The number of aromatic nitrogens is 4. The van der Waals surface area contributed by atoms with Gasteiger partial charge in [0.15, 0.2) is 5.95 Å². The molecule has 0 bridgehead atoms. The van der Waals surface area contributed by atoms with Gasteiger partial charge >= 0.3 is 23.9 Å². The van der Waals surface area contributed by atoms with E-state index in [-0.39, 0.29) is 101 Å². The number of amides is 4. The number of carbonyl (C=O) groups is 8. The van der Waals surface area contributed by atoms with Gasteiger partial charge in [0.25, 0.3) is 5.91 Å². The lowest BCUT2D eigenvalue weighted by molar-refractivity contribution is -0.432. The Balaban J connectivity index is 0.945. The number of H-pyrrole nitrogens is 1. The largest absolute Gasteiger partial charge is 0.494 e. The first kappa shape index (κ1) is 90.0. The van der Waals surface area contributed by atoms with Crippen LogP contribution in [0.5, 0.6) is 5.75 Å². The molecule has 0 radical (unpaired) electrons. The van der Waals surface area contributed by atoms with Crippen LogP contribution >= 0.6 is 12.0 Å². The van der Waals surface area contributed by atoms with E-state index in [1.807, 2.05) is 24.3 Å². The standard InChI is InChI=1S/C70H112N14O21S2/c1-50-40-54(41-51(2)63(50)107(95,96)79-55(66(92)93)44-76-64(90)52-17-18-57-53(42-52)43-77-84(57)24-13-19-73-67-74-22-23-75-67)100-35-12-16-58(85)71-20-14-33-97-36-38-99-39-37-98-34-15-21-72-65(91)56(49-106-105-104-94)78-59(86)45-80-25-27-81(46-60(87)101-68(3,4)5)29-31-83(48-62(89)103-70(9,10)11)32-30-82(28-26-80)47-61(88)102-69(6,7)8/h17-18,22-23,40-43,55-56,79,94H,12-16,19-21,24-39,44-49H2,1-11H3,(H,71,85)(H,72,91)(H,76,90)(H,78,86)(H,92,93)(H2,73,74,75)/t55?,56-/m1/s1. The number of nitrogens with zero attached hydrogens (tertiary/aromatic N) is 7. The molecule has 4 amide bonds. The van der Waals surface area contributed by atoms with E-state index in [4.69, 9.17) is 38.4 Å². The number of benzene rings is 2. The molecule has 1 unspecified atom stereocenters. The zero-order chi connectivity index (χ0) is 78.6. The number of anilines is 1. The van der Waals surface area contributed by atoms with Crippen LogP contribution in [0.1, 0.15) is 116 Å². The number of imidazole rings is 1. The molecule has 0 spiro atoms. The van der Waals surface area contributed by atoms with E-state index in [1.54, 1.807) is 113 Å². The van der Waals surface area contributed by atoms with E-state index in [2.05, 4.69) is 55.7 Å². The van der Waals surface area contributed by atoms with Crippen molar-refractivity contribution in [3.05, 3.63) is 65.6 Å². The third-order valence-corrected chi connectivity index (χ3v) is 18.1. The van der Waals surface area contributed by atoms with Crippen LogP contribution < -0.4 is 36.0 Å². The number of ether oxygens (including phenoxy) is 7. The number of fused-ring (bicyclic) bond motifs is 1. The predicted molar refractivity (Wildman–Crippen MR) is 396 cm³/mol. The second kappa shape index (κ2) is 46.0. The zero-order valence-electron chi connectivity index (χ0n) is 63.6. The minimum Gasteiger partial charge on any atom is -0.494 e. The molecule has 600 valence electrons. The van der Waals surface area contributed by atoms with Crippen molar-refractivity contribution >= 4 is 86.4 Å². The molecule has 2 atom stereocenters. The van der Waals surface area contributed by atoms with Gasteiger partial charge in [0.2, 0.25) is 27.7 Å². The van der Waals surface area contributed by atoms with Crippen molar-refractivity contribution in [2.75, 3.05) is 162 Å². The van der Waals surface area contributed by atoms with Gasteiger partial charge in [0.05, 0.1) is 81.6 Å². The van der Waals surface area contributed by atoms with Gasteiger partial charge in [-0.25, -0.2) is 18.7 Å². The Morgan fingerprint density at radius 3 is 1.65 bits per heavy atom. The number of sulfonamides is 1. The molecule has 0 aliphatic carbocycles. The fourth-order valence-electron chi connectivity index (χ4n) is 10.9. The number of esters is 3. The number of rotatable bonds is 45. The molecule has 1 aliphatic rings. The van der Waals surface area contributed by atoms with Gasteiger partial charge in [-0.1, -0.05) is 5.04 Å². The van der Waals surface area contributed by atoms with E-state index in [0.717, 1.165) is 11.9 Å². The van der Waals surface area contributed by atoms with Crippen LogP contribution in [-0.4, -0.2) is 291 Å². The van der Waals surface area contributed by atoms with Crippen LogP contribution in [0.3, 0.4) is 0 Å². The average Bonchev–Trinajstić information content (AvgIpc) is 1.72. The van der Waals surface area contributed by atoms with Gasteiger partial charge in [-0.05, 0) is 143 Å². The summed E-state index contributed by atoms with van der Waals surface area (Å²) in [6.45, 7) is 24.7. The number of carboxylic acid groups (broad SMARTS) is 1. The Morgan fingerprint density at radius 2 is 1.15 bits per heavy atom. The highest BCUT2D eigenvalue weighted by Crippen LogP contribution is 2.27. The first-order chi connectivity index (χ1) is 50.6. The molecule has 1 aliphatic heterocycles. The number of aliphatic carboxylic acids is 1. The Hall–Kier alpha value is -7.66. The summed E-state index contributed by atoms with van der Waals surface area (Å²) in [5, 5.41) is 41.8. The summed E-state index contributed by atoms with van der Waals surface area (Å²) in [5.74, 6) is -3.73. The van der Waals surface area contributed by atoms with Gasteiger partial charge in [0, 0.05) is 140 Å². The monoisotopic (exact) mass is 1550 g/mol. The highest BCUT2D eigenvalue weighted by molar-refractivity contribution is 7.94. The molecular formula is C70H112N14O21S2. The van der Waals surface area contributed by atoms with E-state index < -0.39 is 87.1 Å². The maximum absolute atomic E-state index is 13.9. The fraction of sp³-hybridized carbons (Fsp3) is 0.657. The number of hydrogen-bond acceptors (Lipinski definition) is 28. The first-order valence-electron chi connectivity index (χ1n) is 35.8. The molecule has 35 nitrogen and oxygen atoms in total. The molecule has 0 saturated carbocycles. The number of nitrogens with one attached hydrogen (secondary N) is 7. The molecule has 5 rings (SSSR count). The van der Waals surface area contributed by atoms with Gasteiger partial charge in [0.1, 0.15) is 34.6 Å². The molecule has 2 aromatic heterocycles. The highest BCUT2D eigenvalue weighted by Gasteiger charge is 2.31. The summed E-state index contributed by atoms with van der Waals surface area (Å²) in [6, 6.07) is 5.17. The highest BCUT2D eigenvalue weighted by atomic mass is 32.2. The quantitative estimate of drug-likeness (QED) is 0.00767. The Morgan fingerprint density at radius 1 is 0.626 bits per heavy atom. The summed E-state index contributed by atoms with van der Waals surface area (Å²) in [5.41, 5.74) is -0.548. The number of aromatic amines is 1. The van der Waals surface area contributed by atoms with E-state index in [9.17, 15) is 51.9 Å². The van der Waals surface area contributed by atoms with Crippen LogP contribution in [-0.2, 0) is 87.9 Å². The molecule has 9 N–H and O–H groups in total. The van der Waals surface area contributed by atoms with Crippen LogP contribution in [0.4, 0.5) is 5.95 Å². The molecule has 1 saturated heterocycles. The van der Waals surface area contributed by atoms with Gasteiger partial charge < -0.3 is 69.8 Å². The lowest BCUT2D eigenvalue weighted by atomic mass is 10.1. The maximum Gasteiger partial charge on any atom is 0.323 e.